The molecule has 0 atom stereocenters. The van der Waals surface area contributed by atoms with Gasteiger partial charge in [-0.1, -0.05) is 23.2 Å². The molecule has 0 spiro atoms. The van der Waals surface area contributed by atoms with Crippen LogP contribution in [0.5, 0.6) is 0 Å². The maximum absolute atomic E-state index is 12.2. The maximum atomic E-state index is 12.2. The summed E-state index contributed by atoms with van der Waals surface area (Å²) < 4.78 is 1.14. The molecule has 0 radical (unpaired) electrons. The highest BCUT2D eigenvalue weighted by atomic mass is 35.5. The van der Waals surface area contributed by atoms with Crippen LogP contribution in [0.1, 0.15) is 15.9 Å². The number of aromatic nitrogens is 1. The van der Waals surface area contributed by atoms with E-state index in [1.54, 1.807) is 35.7 Å². The van der Waals surface area contributed by atoms with Crippen molar-refractivity contribution in [2.75, 3.05) is 5.32 Å². The predicted octanol–water partition coefficient (Wildman–Crippen LogP) is 5.30. The number of amides is 1. The number of thiophene rings is 1. The molecule has 23 heavy (non-hydrogen) atoms. The van der Waals surface area contributed by atoms with E-state index in [1.165, 1.54) is 22.7 Å². The van der Waals surface area contributed by atoms with Crippen molar-refractivity contribution in [3.05, 3.63) is 55.5 Å². The van der Waals surface area contributed by atoms with E-state index in [0.717, 1.165) is 5.56 Å². The summed E-state index contributed by atoms with van der Waals surface area (Å²) in [4.78, 5) is 16.5. The number of thiazole rings is 1. The fourth-order valence-electron chi connectivity index (χ4n) is 1.84. The smallest absolute Gasteiger partial charge is 0.257 e. The van der Waals surface area contributed by atoms with Crippen molar-refractivity contribution in [3.63, 3.8) is 0 Å². The lowest BCUT2D eigenvalue weighted by atomic mass is 10.1. The summed E-state index contributed by atoms with van der Waals surface area (Å²) in [5, 5.41) is 13.8. The standard InChI is InChI=1S/C15H7Cl2N3OS2/c16-12-5-10(13(17)23-12)11-7-22-15(19-11)20-14(21)9-3-1-8(6-18)2-4-9/h1-5,7H,(H,19,20,21). The minimum absolute atomic E-state index is 0.287. The molecule has 0 aliphatic carbocycles. The summed E-state index contributed by atoms with van der Waals surface area (Å²) in [5.41, 5.74) is 2.37. The first-order valence-corrected chi connectivity index (χ1v) is 8.74. The van der Waals surface area contributed by atoms with Gasteiger partial charge in [-0.15, -0.1) is 22.7 Å². The summed E-state index contributed by atoms with van der Waals surface area (Å²) in [6.45, 7) is 0. The number of halogens is 2. The minimum atomic E-state index is -0.287. The van der Waals surface area contributed by atoms with E-state index in [4.69, 9.17) is 28.5 Å². The Morgan fingerprint density at radius 2 is 2.00 bits per heavy atom. The Hall–Kier alpha value is -1.91. The maximum Gasteiger partial charge on any atom is 0.257 e. The Kier molecular flexibility index (Phi) is 4.64. The summed E-state index contributed by atoms with van der Waals surface area (Å²) in [6.07, 6.45) is 0. The number of hydrogen-bond donors (Lipinski definition) is 1. The molecule has 3 rings (SSSR count). The zero-order valence-electron chi connectivity index (χ0n) is 11.3. The third-order valence-corrected chi connectivity index (χ3v) is 5.18. The molecule has 0 unspecified atom stereocenters. The summed E-state index contributed by atoms with van der Waals surface area (Å²) >= 11 is 14.6. The fourth-order valence-corrected chi connectivity index (χ4v) is 4.02. The molecule has 1 aromatic carbocycles. The molecule has 0 saturated heterocycles. The molecule has 3 aromatic rings. The second-order valence-corrected chi connectivity index (χ2v) is 7.56. The van der Waals surface area contributed by atoms with Crippen LogP contribution in [0.3, 0.4) is 0 Å². The van der Waals surface area contributed by atoms with Gasteiger partial charge in [0.2, 0.25) is 0 Å². The number of carbonyl (C=O) groups excluding carboxylic acids is 1. The van der Waals surface area contributed by atoms with Crippen molar-refractivity contribution in [1.29, 1.82) is 5.26 Å². The Morgan fingerprint density at radius 1 is 1.26 bits per heavy atom. The number of nitrogens with one attached hydrogen (secondary N) is 1. The predicted molar refractivity (Wildman–Crippen MR) is 94.6 cm³/mol. The SMILES string of the molecule is N#Cc1ccc(C(=O)Nc2nc(-c3cc(Cl)sc3Cl)cs2)cc1. The monoisotopic (exact) mass is 379 g/mol. The molecule has 0 fully saturated rings. The highest BCUT2D eigenvalue weighted by Crippen LogP contribution is 2.39. The zero-order chi connectivity index (χ0) is 16.4. The van der Waals surface area contributed by atoms with Crippen molar-refractivity contribution < 1.29 is 4.79 Å². The first-order valence-electron chi connectivity index (χ1n) is 6.29. The van der Waals surface area contributed by atoms with Gasteiger partial charge < -0.3 is 0 Å². The van der Waals surface area contributed by atoms with Crippen LogP contribution in [0.4, 0.5) is 5.13 Å². The number of benzene rings is 1. The van der Waals surface area contributed by atoms with Crippen molar-refractivity contribution in [1.82, 2.24) is 4.98 Å². The van der Waals surface area contributed by atoms with Crippen molar-refractivity contribution >= 4 is 56.9 Å². The number of anilines is 1. The van der Waals surface area contributed by atoms with Gasteiger partial charge in [0.1, 0.15) is 4.34 Å². The Morgan fingerprint density at radius 3 is 2.61 bits per heavy atom. The van der Waals surface area contributed by atoms with Crippen LogP contribution in [0, 0.1) is 11.3 Å². The molecule has 1 N–H and O–H groups in total. The third kappa shape index (κ3) is 3.54. The average molecular weight is 380 g/mol. The largest absolute Gasteiger partial charge is 0.298 e. The van der Waals surface area contributed by atoms with Crippen molar-refractivity contribution in [3.8, 4) is 17.3 Å². The third-order valence-electron chi connectivity index (χ3n) is 2.93. The Balaban J connectivity index is 1.77. The highest BCUT2D eigenvalue weighted by molar-refractivity contribution is 7.20. The first kappa shape index (κ1) is 16.0. The quantitative estimate of drug-likeness (QED) is 0.670. The van der Waals surface area contributed by atoms with Crippen molar-refractivity contribution in [2.24, 2.45) is 0 Å². The van der Waals surface area contributed by atoms with Crippen LogP contribution < -0.4 is 5.32 Å². The van der Waals surface area contributed by atoms with E-state index in [-0.39, 0.29) is 5.91 Å². The lowest BCUT2D eigenvalue weighted by Gasteiger charge is -2.01. The van der Waals surface area contributed by atoms with Crippen LogP contribution in [-0.4, -0.2) is 10.9 Å². The molecular formula is C15H7Cl2N3OS2. The normalized spacial score (nSPS) is 10.3. The minimum Gasteiger partial charge on any atom is -0.298 e. The van der Waals surface area contributed by atoms with E-state index < -0.39 is 0 Å². The van der Waals surface area contributed by atoms with Gasteiger partial charge in [-0.25, -0.2) is 4.98 Å². The van der Waals surface area contributed by atoms with E-state index in [2.05, 4.69) is 10.3 Å². The molecule has 0 aliphatic rings. The van der Waals surface area contributed by atoms with Gasteiger partial charge in [0, 0.05) is 16.5 Å². The molecule has 114 valence electrons. The molecular weight excluding hydrogens is 373 g/mol. The Labute approximate surface area is 149 Å². The van der Waals surface area contributed by atoms with Gasteiger partial charge in [-0.05, 0) is 30.3 Å². The first-order chi connectivity index (χ1) is 11.1. The summed E-state index contributed by atoms with van der Waals surface area (Å²) in [7, 11) is 0. The lowest BCUT2D eigenvalue weighted by molar-refractivity contribution is 0.102. The second kappa shape index (κ2) is 6.69. The van der Waals surface area contributed by atoms with Gasteiger partial charge in [0.15, 0.2) is 5.13 Å². The van der Waals surface area contributed by atoms with Gasteiger partial charge in [-0.3, -0.25) is 10.1 Å². The van der Waals surface area contributed by atoms with Gasteiger partial charge in [0.25, 0.3) is 5.91 Å². The number of rotatable bonds is 3. The summed E-state index contributed by atoms with van der Waals surface area (Å²) in [6, 6.07) is 10.1. The van der Waals surface area contributed by atoms with E-state index in [1.807, 2.05) is 6.07 Å². The number of nitriles is 1. The van der Waals surface area contributed by atoms with Crippen molar-refractivity contribution in [2.45, 2.75) is 0 Å². The molecule has 0 aliphatic heterocycles. The van der Waals surface area contributed by atoms with E-state index in [0.29, 0.717) is 30.6 Å². The molecule has 8 heteroatoms. The second-order valence-electron chi connectivity index (χ2n) is 4.42. The van der Waals surface area contributed by atoms with Crippen LogP contribution >= 0.6 is 45.9 Å². The molecule has 2 aromatic heterocycles. The topological polar surface area (TPSA) is 65.8 Å². The van der Waals surface area contributed by atoms with Gasteiger partial charge in [-0.2, -0.15) is 5.26 Å². The van der Waals surface area contributed by atoms with E-state index in [9.17, 15) is 4.79 Å². The van der Waals surface area contributed by atoms with E-state index >= 15 is 0 Å². The molecule has 0 bridgehead atoms. The zero-order valence-corrected chi connectivity index (χ0v) is 14.5. The highest BCUT2D eigenvalue weighted by Gasteiger charge is 2.14. The molecule has 0 saturated carbocycles. The number of hydrogen-bond acceptors (Lipinski definition) is 5. The molecule has 4 nitrogen and oxygen atoms in total. The van der Waals surface area contributed by atoms with Gasteiger partial charge >= 0.3 is 0 Å². The Bertz CT molecular complexity index is 910. The van der Waals surface area contributed by atoms with Crippen LogP contribution in [0.2, 0.25) is 8.67 Å². The summed E-state index contributed by atoms with van der Waals surface area (Å²) in [5.74, 6) is -0.287. The van der Waals surface area contributed by atoms with Crippen LogP contribution in [0.25, 0.3) is 11.3 Å². The molecule has 2 heterocycles. The number of nitrogens with zero attached hydrogens (tertiary/aromatic N) is 2. The van der Waals surface area contributed by atoms with Crippen LogP contribution in [-0.2, 0) is 0 Å². The van der Waals surface area contributed by atoms with Gasteiger partial charge in [0.05, 0.1) is 21.7 Å². The average Bonchev–Trinajstić information content (AvgIpc) is 3.13. The molecule has 1 amide bonds. The fraction of sp³-hybridized carbons (Fsp3) is 0. The lowest BCUT2D eigenvalue weighted by Crippen LogP contribution is -2.11. The number of carbonyl (C=O) groups is 1. The van der Waals surface area contributed by atoms with Crippen LogP contribution in [0.15, 0.2) is 35.7 Å².